The molecule has 3 saturated carbocycles. The summed E-state index contributed by atoms with van der Waals surface area (Å²) in [5.74, 6) is 3.64. The van der Waals surface area contributed by atoms with Crippen molar-refractivity contribution >= 4 is 57.8 Å². The van der Waals surface area contributed by atoms with E-state index in [-0.39, 0.29) is 23.7 Å². The molecular formula is C54H84O2S4. The zero-order chi connectivity index (χ0) is 41.8. The average molecular weight is 894 g/mol. The van der Waals surface area contributed by atoms with Gasteiger partial charge in [-0.25, -0.2) is 0 Å². The molecule has 3 aliphatic carbocycles. The smallest absolute Gasteiger partial charge is 0.145 e. The van der Waals surface area contributed by atoms with Gasteiger partial charge in [-0.2, -0.15) is 0 Å². The summed E-state index contributed by atoms with van der Waals surface area (Å²) in [6.45, 7) is 9.25. The molecule has 2 aromatic rings. The van der Waals surface area contributed by atoms with E-state index in [1.807, 2.05) is 22.7 Å². The molecule has 0 radical (unpaired) electrons. The third-order valence-electron chi connectivity index (χ3n) is 16.1. The summed E-state index contributed by atoms with van der Waals surface area (Å²) < 4.78 is 0. The molecule has 0 aromatic carbocycles. The minimum absolute atomic E-state index is 0.0847. The lowest BCUT2D eigenvalue weighted by Gasteiger charge is -2.36. The molecule has 0 spiro atoms. The third kappa shape index (κ3) is 10.9. The molecule has 4 heterocycles. The van der Waals surface area contributed by atoms with Gasteiger partial charge in [-0.1, -0.05) is 182 Å². The van der Waals surface area contributed by atoms with Gasteiger partial charge in [-0.05, 0) is 84.1 Å². The molecule has 2 nitrogen and oxygen atoms in total. The number of Topliss-reactive ketones (excluding diaryl/α,β-unsaturated/α-hetero) is 2. The van der Waals surface area contributed by atoms with Crippen molar-refractivity contribution in [1.29, 1.82) is 0 Å². The standard InChI is InChI=1S/C54H84O2S4/c1-5-9-13-17-19-23-27-31-37(29-25-21-15-11-7-3)43-35-57-53-45-47(55)39-34-42-40(33-41(39)49(45)59-51(43)53)48(56)46-50(42)60-52-44(36-58-54(46)52)38(30-26-22-16-12-8-4)32-28-24-20-18-14-10-6-2/h35-42,45-46,49-50H,5-34H2,1-4H3. The number of unbranched alkanes of at least 4 members (excludes halogenated alkanes) is 20. The fourth-order valence-electron chi connectivity index (χ4n) is 12.7. The molecule has 3 fully saturated rings. The van der Waals surface area contributed by atoms with Crippen LogP contribution in [0, 0.1) is 23.7 Å². The number of thiophene rings is 2. The van der Waals surface area contributed by atoms with Crippen molar-refractivity contribution in [1.82, 2.24) is 0 Å². The Kier molecular flexibility index (Phi) is 19.0. The maximum absolute atomic E-state index is 14.7. The lowest BCUT2D eigenvalue weighted by molar-refractivity contribution is -0.127. The highest BCUT2D eigenvalue weighted by Gasteiger charge is 2.64. The van der Waals surface area contributed by atoms with Gasteiger partial charge in [0.15, 0.2) is 0 Å². The second kappa shape index (κ2) is 24.1. The van der Waals surface area contributed by atoms with E-state index in [9.17, 15) is 9.59 Å². The van der Waals surface area contributed by atoms with Crippen molar-refractivity contribution in [3.05, 3.63) is 31.6 Å². The monoisotopic (exact) mass is 893 g/mol. The van der Waals surface area contributed by atoms with Crippen LogP contribution in [0.1, 0.15) is 265 Å². The highest BCUT2D eigenvalue weighted by Crippen LogP contribution is 2.68. The van der Waals surface area contributed by atoms with Gasteiger partial charge in [0.25, 0.3) is 0 Å². The second-order valence-corrected chi connectivity index (χ2v) is 24.5. The van der Waals surface area contributed by atoms with E-state index in [1.54, 1.807) is 11.1 Å². The van der Waals surface area contributed by atoms with E-state index < -0.39 is 0 Å². The van der Waals surface area contributed by atoms with Crippen molar-refractivity contribution in [2.75, 3.05) is 0 Å². The molecule has 2 aliphatic heterocycles. The van der Waals surface area contributed by atoms with Crippen LogP contribution in [0.5, 0.6) is 0 Å². The molecule has 2 aromatic heterocycles. The summed E-state index contributed by atoms with van der Waals surface area (Å²) in [5.41, 5.74) is 3.20. The summed E-state index contributed by atoms with van der Waals surface area (Å²) in [6, 6.07) is 0. The zero-order valence-electron chi connectivity index (χ0n) is 38.6. The van der Waals surface area contributed by atoms with Gasteiger partial charge in [0.05, 0.1) is 11.8 Å². The van der Waals surface area contributed by atoms with Crippen molar-refractivity contribution in [2.24, 2.45) is 23.7 Å². The van der Waals surface area contributed by atoms with Crippen LogP contribution in [0.25, 0.3) is 0 Å². The number of rotatable bonds is 30. The Morgan fingerprint density at radius 1 is 0.450 bits per heavy atom. The number of fused-ring (bicyclic) bond motifs is 10. The minimum Gasteiger partial charge on any atom is -0.299 e. The summed E-state index contributed by atoms with van der Waals surface area (Å²) in [6.07, 6.45) is 39.8. The van der Waals surface area contributed by atoms with Crippen molar-refractivity contribution < 1.29 is 9.59 Å². The van der Waals surface area contributed by atoms with Crippen molar-refractivity contribution in [3.63, 3.8) is 0 Å². The Balaban J connectivity index is 1.000. The van der Waals surface area contributed by atoms with E-state index in [4.69, 9.17) is 0 Å². The van der Waals surface area contributed by atoms with E-state index in [0.717, 1.165) is 12.8 Å². The van der Waals surface area contributed by atoms with Gasteiger partial charge in [0, 0.05) is 41.9 Å². The van der Waals surface area contributed by atoms with Crippen LogP contribution < -0.4 is 0 Å². The van der Waals surface area contributed by atoms with Crippen LogP contribution in [0.15, 0.2) is 20.6 Å². The molecule has 336 valence electrons. The molecule has 0 saturated heterocycles. The van der Waals surface area contributed by atoms with E-state index in [2.05, 4.69) is 62.0 Å². The van der Waals surface area contributed by atoms with Gasteiger partial charge >= 0.3 is 0 Å². The summed E-state index contributed by atoms with van der Waals surface area (Å²) in [5, 5.41) is 5.73. The first kappa shape index (κ1) is 47.4. The normalized spacial score (nSPS) is 27.2. The van der Waals surface area contributed by atoms with Crippen LogP contribution in [0.3, 0.4) is 0 Å². The van der Waals surface area contributed by atoms with E-state index in [1.165, 1.54) is 199 Å². The number of carbonyl (C=O) groups excluding carboxylic acids is 2. The maximum atomic E-state index is 14.7. The molecule has 0 amide bonds. The molecule has 5 aliphatic rings. The predicted molar refractivity (Wildman–Crippen MR) is 264 cm³/mol. The highest BCUT2D eigenvalue weighted by atomic mass is 32.2. The molecule has 10 unspecified atom stereocenters. The minimum atomic E-state index is 0.0847. The molecule has 6 heteroatoms. The number of thioether (sulfide) groups is 2. The fourth-order valence-corrected chi connectivity index (χ4v) is 19.5. The Bertz CT molecular complexity index is 1500. The Morgan fingerprint density at radius 2 is 0.750 bits per heavy atom. The van der Waals surface area contributed by atoms with Crippen LogP contribution in [-0.4, -0.2) is 22.1 Å². The maximum Gasteiger partial charge on any atom is 0.145 e. The molecular weight excluding hydrogens is 809 g/mol. The van der Waals surface area contributed by atoms with E-state index >= 15 is 0 Å². The van der Waals surface area contributed by atoms with Crippen LogP contribution in [-0.2, 0) is 9.59 Å². The Morgan fingerprint density at radius 3 is 1.07 bits per heavy atom. The predicted octanol–water partition coefficient (Wildman–Crippen LogP) is 18.2. The number of carbonyl (C=O) groups is 2. The zero-order valence-corrected chi connectivity index (χ0v) is 41.9. The lowest BCUT2D eigenvalue weighted by atomic mass is 9.70. The van der Waals surface area contributed by atoms with Gasteiger partial charge in [0.2, 0.25) is 0 Å². The number of hydrogen-bond acceptors (Lipinski definition) is 6. The van der Waals surface area contributed by atoms with Crippen LogP contribution in [0.4, 0.5) is 0 Å². The molecule has 0 N–H and O–H groups in total. The first-order valence-corrected chi connectivity index (χ1v) is 29.7. The SMILES string of the molecule is CCCCCCCCCC(CCCCCCC)c1csc2c1SC1C2C(=O)C2CC3C(CC21)C(=O)C1c2scc(C(CCCCCCC)CCCCCCCCC)c2SC13. The van der Waals surface area contributed by atoms with Gasteiger partial charge in [-0.15, -0.1) is 46.2 Å². The van der Waals surface area contributed by atoms with E-state index in [0.29, 0.717) is 45.7 Å². The fraction of sp³-hybridized carbons (Fsp3) is 0.815. The largest absolute Gasteiger partial charge is 0.299 e. The third-order valence-corrected chi connectivity index (χ3v) is 21.7. The first-order chi connectivity index (χ1) is 29.5. The van der Waals surface area contributed by atoms with Gasteiger partial charge < -0.3 is 0 Å². The summed E-state index contributed by atoms with van der Waals surface area (Å²) in [4.78, 5) is 35.3. The van der Waals surface area contributed by atoms with Crippen molar-refractivity contribution in [2.45, 2.75) is 264 Å². The quantitative estimate of drug-likeness (QED) is 0.0732. The Labute approximate surface area is 384 Å². The lowest BCUT2D eigenvalue weighted by Crippen LogP contribution is -2.36. The average Bonchev–Trinajstić information content (AvgIpc) is 4.09. The number of hydrogen-bond donors (Lipinski definition) is 0. The van der Waals surface area contributed by atoms with Crippen LogP contribution >= 0.6 is 46.2 Å². The topological polar surface area (TPSA) is 34.1 Å². The second-order valence-electron chi connectivity index (χ2n) is 20.3. The molecule has 10 atom stereocenters. The summed E-state index contributed by atoms with van der Waals surface area (Å²) in [7, 11) is 0. The molecule has 7 rings (SSSR count). The molecule has 0 bridgehead atoms. The van der Waals surface area contributed by atoms with Gasteiger partial charge in [0.1, 0.15) is 11.6 Å². The first-order valence-electron chi connectivity index (χ1n) is 26.1. The highest BCUT2D eigenvalue weighted by molar-refractivity contribution is 8.01. The van der Waals surface area contributed by atoms with Crippen molar-refractivity contribution in [3.8, 4) is 0 Å². The Hall–Kier alpha value is -0.560. The van der Waals surface area contributed by atoms with Gasteiger partial charge in [-0.3, -0.25) is 9.59 Å². The summed E-state index contributed by atoms with van der Waals surface area (Å²) >= 11 is 8.09. The van der Waals surface area contributed by atoms with Crippen LogP contribution in [0.2, 0.25) is 0 Å². The molecule has 60 heavy (non-hydrogen) atoms. The number of ketones is 2.